The summed E-state index contributed by atoms with van der Waals surface area (Å²) in [5, 5.41) is 9.38. The van der Waals surface area contributed by atoms with Crippen LogP contribution in [0.2, 0.25) is 0 Å². The molecule has 0 bridgehead atoms. The normalized spacial score (nSPS) is 13.9. The lowest BCUT2D eigenvalue weighted by molar-refractivity contribution is -0.116. The van der Waals surface area contributed by atoms with Gasteiger partial charge in [0.05, 0.1) is 13.1 Å². The number of halogens is 1. The highest BCUT2D eigenvalue weighted by atomic mass is 127. The quantitative estimate of drug-likeness (QED) is 0.208. The molecule has 1 amide bonds. The summed E-state index contributed by atoms with van der Waals surface area (Å²) in [5.74, 6) is 2.43. The van der Waals surface area contributed by atoms with Gasteiger partial charge in [0.1, 0.15) is 24.2 Å². The fraction of sp³-hybridized carbons (Fsp3) is 0.391. The highest BCUT2D eigenvalue weighted by Gasteiger charge is 2.15. The molecule has 0 saturated carbocycles. The molecule has 1 heterocycles. The predicted octanol–water partition coefficient (Wildman–Crippen LogP) is 3.51. The smallest absolute Gasteiger partial charge is 0.224 e. The Labute approximate surface area is 201 Å². The topological polar surface area (TPSA) is 84.0 Å². The lowest BCUT2D eigenvalue weighted by Crippen LogP contribution is -2.43. The zero-order valence-electron chi connectivity index (χ0n) is 18.2. The number of nitrogens with one attached hydrogen (secondary N) is 3. The van der Waals surface area contributed by atoms with Crippen molar-refractivity contribution in [2.24, 2.45) is 4.99 Å². The van der Waals surface area contributed by atoms with Crippen molar-refractivity contribution in [3.05, 3.63) is 53.6 Å². The molecule has 0 aromatic heterocycles. The second kappa shape index (κ2) is 12.4. The number of aryl methyl sites for hydroxylation is 2. The molecule has 0 radical (unpaired) electrons. The summed E-state index contributed by atoms with van der Waals surface area (Å²) in [6, 6.07) is 13.8. The van der Waals surface area contributed by atoms with Gasteiger partial charge in [-0.1, -0.05) is 12.1 Å². The van der Waals surface area contributed by atoms with E-state index in [0.717, 1.165) is 29.2 Å². The monoisotopic (exact) mass is 538 g/mol. The lowest BCUT2D eigenvalue weighted by atomic mass is 10.0. The van der Waals surface area contributed by atoms with E-state index in [1.807, 2.05) is 56.3 Å². The molecule has 31 heavy (non-hydrogen) atoms. The van der Waals surface area contributed by atoms with E-state index in [0.29, 0.717) is 32.1 Å². The number of anilines is 1. The van der Waals surface area contributed by atoms with Crippen molar-refractivity contribution >= 4 is 41.5 Å². The maximum atomic E-state index is 11.4. The minimum atomic E-state index is -0.00223. The number of carbonyl (C=O) groups excluding carboxylic acids is 1. The van der Waals surface area contributed by atoms with Gasteiger partial charge >= 0.3 is 0 Å². The second-order valence-corrected chi connectivity index (χ2v) is 7.34. The van der Waals surface area contributed by atoms with Crippen molar-refractivity contribution in [1.82, 2.24) is 10.6 Å². The van der Waals surface area contributed by atoms with Gasteiger partial charge in [-0.15, -0.1) is 24.0 Å². The van der Waals surface area contributed by atoms with Crippen LogP contribution in [0.15, 0.2) is 47.5 Å². The third-order valence-corrected chi connectivity index (χ3v) is 4.74. The molecule has 2 aromatic carbocycles. The molecule has 7 nitrogen and oxygen atoms in total. The van der Waals surface area contributed by atoms with Crippen LogP contribution in [0.3, 0.4) is 0 Å². The standard InChI is InChI=1S/C23H30N4O3.HI/c1-16-5-4-6-20(13-16)30-17(2)15-26-23(24-3)25-11-12-29-19-8-9-21-18(14-19)7-10-22(28)27-21;/h4-6,8-9,13-14,17H,7,10-12,15H2,1-3H3,(H,27,28)(H2,24,25,26);1H. The first-order chi connectivity index (χ1) is 14.5. The van der Waals surface area contributed by atoms with E-state index in [4.69, 9.17) is 9.47 Å². The highest BCUT2D eigenvalue weighted by Crippen LogP contribution is 2.26. The second-order valence-electron chi connectivity index (χ2n) is 7.34. The number of amides is 1. The van der Waals surface area contributed by atoms with Gasteiger partial charge in [-0.3, -0.25) is 9.79 Å². The molecule has 3 N–H and O–H groups in total. The van der Waals surface area contributed by atoms with Crippen LogP contribution in [-0.2, 0) is 11.2 Å². The molecular weight excluding hydrogens is 507 g/mol. The van der Waals surface area contributed by atoms with E-state index in [1.165, 1.54) is 5.56 Å². The first-order valence-electron chi connectivity index (χ1n) is 10.3. The van der Waals surface area contributed by atoms with Crippen molar-refractivity contribution in [3.63, 3.8) is 0 Å². The van der Waals surface area contributed by atoms with Gasteiger partial charge in [0.2, 0.25) is 5.91 Å². The zero-order chi connectivity index (χ0) is 21.3. The summed E-state index contributed by atoms with van der Waals surface area (Å²) in [7, 11) is 1.74. The number of benzene rings is 2. The van der Waals surface area contributed by atoms with Crippen LogP contribution in [0.5, 0.6) is 11.5 Å². The summed E-state index contributed by atoms with van der Waals surface area (Å²) >= 11 is 0. The molecule has 0 spiro atoms. The molecule has 168 valence electrons. The Morgan fingerprint density at radius 2 is 2.00 bits per heavy atom. The van der Waals surface area contributed by atoms with Crippen LogP contribution in [0.1, 0.15) is 24.5 Å². The number of aliphatic imine (C=N–C) groups is 1. The SMILES string of the molecule is CN=C(NCCOc1ccc2c(c1)CCC(=O)N2)NCC(C)Oc1cccc(C)c1.I. The van der Waals surface area contributed by atoms with E-state index in [-0.39, 0.29) is 36.0 Å². The van der Waals surface area contributed by atoms with Gasteiger partial charge in [0, 0.05) is 19.2 Å². The molecule has 0 saturated heterocycles. The van der Waals surface area contributed by atoms with Gasteiger partial charge < -0.3 is 25.4 Å². The Hall–Kier alpha value is -2.49. The number of hydrogen-bond donors (Lipinski definition) is 3. The fourth-order valence-corrected chi connectivity index (χ4v) is 3.21. The third-order valence-electron chi connectivity index (χ3n) is 4.74. The minimum absolute atomic E-state index is 0. The Bertz CT molecular complexity index is 904. The highest BCUT2D eigenvalue weighted by molar-refractivity contribution is 14.0. The van der Waals surface area contributed by atoms with Crippen molar-refractivity contribution in [3.8, 4) is 11.5 Å². The molecular formula is C23H31IN4O3. The molecule has 1 aliphatic rings. The van der Waals surface area contributed by atoms with Gasteiger partial charge in [-0.05, 0) is 61.7 Å². The Balaban J connectivity index is 0.00000341. The van der Waals surface area contributed by atoms with Gasteiger partial charge in [0.25, 0.3) is 0 Å². The van der Waals surface area contributed by atoms with Crippen LogP contribution in [0.25, 0.3) is 0 Å². The van der Waals surface area contributed by atoms with Crippen LogP contribution in [0.4, 0.5) is 5.69 Å². The first kappa shape index (κ1) is 24.8. The third kappa shape index (κ3) is 7.93. The van der Waals surface area contributed by atoms with Crippen LogP contribution < -0.4 is 25.4 Å². The zero-order valence-corrected chi connectivity index (χ0v) is 20.6. The predicted molar refractivity (Wildman–Crippen MR) is 135 cm³/mol. The van der Waals surface area contributed by atoms with Crippen molar-refractivity contribution < 1.29 is 14.3 Å². The average molecular weight is 538 g/mol. The van der Waals surface area contributed by atoms with E-state index in [2.05, 4.69) is 20.9 Å². The summed E-state index contributed by atoms with van der Waals surface area (Å²) in [6.07, 6.45) is 1.26. The number of rotatable bonds is 8. The summed E-state index contributed by atoms with van der Waals surface area (Å²) in [6.45, 7) is 5.81. The van der Waals surface area contributed by atoms with E-state index < -0.39 is 0 Å². The van der Waals surface area contributed by atoms with Crippen LogP contribution >= 0.6 is 24.0 Å². The maximum Gasteiger partial charge on any atom is 0.224 e. The minimum Gasteiger partial charge on any atom is -0.492 e. The molecule has 2 aromatic rings. The molecule has 1 unspecified atom stereocenters. The molecule has 0 aliphatic carbocycles. The van der Waals surface area contributed by atoms with Crippen LogP contribution in [-0.4, -0.2) is 44.7 Å². The van der Waals surface area contributed by atoms with Gasteiger partial charge in [-0.2, -0.15) is 0 Å². The lowest BCUT2D eigenvalue weighted by Gasteiger charge is -2.19. The first-order valence-corrected chi connectivity index (χ1v) is 10.3. The van der Waals surface area contributed by atoms with Crippen molar-refractivity contribution in [2.45, 2.75) is 32.8 Å². The molecule has 8 heteroatoms. The van der Waals surface area contributed by atoms with E-state index >= 15 is 0 Å². The summed E-state index contributed by atoms with van der Waals surface area (Å²) < 4.78 is 11.8. The summed E-state index contributed by atoms with van der Waals surface area (Å²) in [5.41, 5.74) is 3.16. The van der Waals surface area contributed by atoms with Gasteiger partial charge in [0.15, 0.2) is 5.96 Å². The number of ether oxygens (including phenoxy) is 2. The average Bonchev–Trinajstić information content (AvgIpc) is 2.73. The molecule has 0 fully saturated rings. The number of fused-ring (bicyclic) bond motifs is 1. The van der Waals surface area contributed by atoms with Crippen LogP contribution in [0, 0.1) is 6.92 Å². The Kier molecular flexibility index (Phi) is 9.90. The largest absolute Gasteiger partial charge is 0.492 e. The maximum absolute atomic E-state index is 11.4. The fourth-order valence-electron chi connectivity index (χ4n) is 3.21. The van der Waals surface area contributed by atoms with Gasteiger partial charge in [-0.25, -0.2) is 0 Å². The van der Waals surface area contributed by atoms with E-state index in [9.17, 15) is 4.79 Å². The molecule has 3 rings (SSSR count). The Morgan fingerprint density at radius 1 is 1.16 bits per heavy atom. The number of carbonyl (C=O) groups is 1. The Morgan fingerprint density at radius 3 is 2.77 bits per heavy atom. The molecule has 1 atom stereocenters. The van der Waals surface area contributed by atoms with E-state index in [1.54, 1.807) is 7.05 Å². The number of nitrogens with zero attached hydrogens (tertiary/aromatic N) is 1. The number of guanidine groups is 1. The van der Waals surface area contributed by atoms with Crippen molar-refractivity contribution in [2.75, 3.05) is 32.1 Å². The molecule has 1 aliphatic heterocycles. The van der Waals surface area contributed by atoms with Crippen molar-refractivity contribution in [1.29, 1.82) is 0 Å². The number of hydrogen-bond acceptors (Lipinski definition) is 4. The summed E-state index contributed by atoms with van der Waals surface area (Å²) in [4.78, 5) is 15.7.